The number of aryl methyl sites for hydroxylation is 1. The first-order valence-corrected chi connectivity index (χ1v) is 40.3. The van der Waals surface area contributed by atoms with E-state index in [1.54, 1.807) is 0 Å². The molecule has 66 heavy (non-hydrogen) atoms. The van der Waals surface area contributed by atoms with Crippen LogP contribution in [0.15, 0.2) is 181 Å². The van der Waals surface area contributed by atoms with E-state index in [1.165, 1.54) is 89.0 Å². The van der Waals surface area contributed by atoms with Crippen LogP contribution in [0.2, 0.25) is 13.1 Å². The summed E-state index contributed by atoms with van der Waals surface area (Å²) < 4.78 is -0.159. The fourth-order valence-corrected chi connectivity index (χ4v) is 43.9. The summed E-state index contributed by atoms with van der Waals surface area (Å²) in [6.45, 7) is 23.3. The minimum atomic E-state index is -5.31. The number of benzene rings is 7. The van der Waals surface area contributed by atoms with Crippen LogP contribution >= 0.6 is 17.0 Å². The molecular formula is C62H65Cl2SiZr. The van der Waals surface area contributed by atoms with E-state index in [9.17, 15) is 17.0 Å². The molecular weight excluding hydrogens is 935 g/mol. The van der Waals surface area contributed by atoms with Gasteiger partial charge < -0.3 is 0 Å². The van der Waals surface area contributed by atoms with E-state index < -0.39 is 26.9 Å². The molecule has 0 aromatic heterocycles. The Bertz CT molecular complexity index is 2870. The van der Waals surface area contributed by atoms with Crippen molar-refractivity contribution in [3.63, 3.8) is 0 Å². The van der Waals surface area contributed by atoms with Crippen LogP contribution in [0.1, 0.15) is 118 Å². The first-order valence-electron chi connectivity index (χ1n) is 23.9. The number of rotatable bonds is 10. The Morgan fingerprint density at radius 2 is 0.924 bits per heavy atom. The third-order valence-electron chi connectivity index (χ3n) is 15.4. The van der Waals surface area contributed by atoms with Gasteiger partial charge in [-0.05, 0) is 0 Å². The van der Waals surface area contributed by atoms with Crippen LogP contribution < -0.4 is 0 Å². The van der Waals surface area contributed by atoms with E-state index >= 15 is 0 Å². The van der Waals surface area contributed by atoms with Crippen molar-refractivity contribution in [3.8, 4) is 22.3 Å². The summed E-state index contributed by atoms with van der Waals surface area (Å²) in [7, 11) is 18.4. The summed E-state index contributed by atoms with van der Waals surface area (Å²) in [5, 5.41) is 0. The van der Waals surface area contributed by atoms with Crippen LogP contribution in [-0.4, -0.2) is 5.92 Å². The Morgan fingerprint density at radius 1 is 0.470 bits per heavy atom. The summed E-state index contributed by atoms with van der Waals surface area (Å²) in [6, 6.07) is 63.6. The zero-order valence-corrected chi connectivity index (χ0v) is 45.6. The second-order valence-corrected chi connectivity index (χ2v) is 64.3. The normalized spacial score (nSPS) is 16.9. The van der Waals surface area contributed by atoms with Crippen LogP contribution in [-0.2, 0) is 31.8 Å². The maximum atomic E-state index is 9.22. The minimum absolute atomic E-state index is 0.0427. The fraction of sp³-hybridized carbons (Fsp3) is 0.258. The van der Waals surface area contributed by atoms with E-state index in [4.69, 9.17) is 0 Å². The molecule has 0 amide bonds. The van der Waals surface area contributed by atoms with Gasteiger partial charge >= 0.3 is 408 Å². The van der Waals surface area contributed by atoms with Crippen LogP contribution in [0.5, 0.6) is 0 Å². The maximum absolute atomic E-state index is 9.22. The summed E-state index contributed by atoms with van der Waals surface area (Å²) in [6.07, 6.45) is 5.75. The Hall–Kier alpha value is -4.30. The van der Waals surface area contributed by atoms with Gasteiger partial charge in [-0.3, -0.25) is 0 Å². The molecule has 2 aliphatic rings. The molecule has 4 heteroatoms. The number of hydrogen-bond donors (Lipinski definition) is 0. The van der Waals surface area contributed by atoms with Crippen LogP contribution in [0.4, 0.5) is 0 Å². The van der Waals surface area contributed by atoms with Crippen LogP contribution in [0.25, 0.3) is 34.4 Å². The Labute approximate surface area is 404 Å². The van der Waals surface area contributed by atoms with Gasteiger partial charge in [-0.1, -0.05) is 0 Å². The van der Waals surface area contributed by atoms with Crippen molar-refractivity contribution in [2.75, 3.05) is 0 Å². The Balaban J connectivity index is 1.31. The van der Waals surface area contributed by atoms with E-state index in [0.717, 1.165) is 6.42 Å². The van der Waals surface area contributed by atoms with Crippen molar-refractivity contribution >= 4 is 35.1 Å². The van der Waals surface area contributed by atoms with Crippen molar-refractivity contribution < 1.29 is 15.6 Å². The van der Waals surface area contributed by atoms with Crippen LogP contribution in [0, 0.1) is 6.92 Å². The van der Waals surface area contributed by atoms with Gasteiger partial charge in [-0.15, -0.1) is 0 Å². The second-order valence-electron chi connectivity index (χ2n) is 21.8. The molecule has 7 aromatic rings. The third kappa shape index (κ3) is 7.87. The van der Waals surface area contributed by atoms with Gasteiger partial charge in [0.05, 0.1) is 0 Å². The molecule has 0 bridgehead atoms. The number of fused-ring (bicyclic) bond motifs is 2. The fourth-order valence-electron chi connectivity index (χ4n) is 11.7. The molecule has 335 valence electrons. The first kappa shape index (κ1) is 46.8. The van der Waals surface area contributed by atoms with E-state index in [-0.39, 0.29) is 18.1 Å². The predicted molar refractivity (Wildman–Crippen MR) is 287 cm³/mol. The monoisotopic (exact) mass is 997 g/mol. The molecule has 9 rings (SSSR count). The van der Waals surface area contributed by atoms with Crippen molar-refractivity contribution in [2.45, 2.75) is 98.4 Å². The average molecular weight is 1000 g/mol. The average Bonchev–Trinajstić information content (AvgIpc) is 3.88. The number of halogens is 2. The quantitative estimate of drug-likeness (QED) is 0.0946. The topological polar surface area (TPSA) is 0 Å². The van der Waals surface area contributed by atoms with Gasteiger partial charge in [0.2, 0.25) is 0 Å². The Morgan fingerprint density at radius 3 is 1.36 bits per heavy atom. The van der Waals surface area contributed by atoms with Gasteiger partial charge in [-0.2, -0.15) is 0 Å². The van der Waals surface area contributed by atoms with E-state index in [1.807, 2.05) is 0 Å². The molecule has 2 atom stereocenters. The zero-order valence-electron chi connectivity index (χ0n) is 40.5. The molecule has 0 heterocycles. The molecule has 0 spiro atoms. The molecule has 2 aliphatic carbocycles. The molecule has 0 saturated carbocycles. The van der Waals surface area contributed by atoms with E-state index in [2.05, 4.69) is 250 Å². The number of allylic oxidation sites excluding steroid dienone is 2. The van der Waals surface area contributed by atoms with Crippen molar-refractivity contribution in [1.29, 1.82) is 0 Å². The molecule has 0 nitrogen and oxygen atoms in total. The van der Waals surface area contributed by atoms with Crippen molar-refractivity contribution in [1.82, 2.24) is 0 Å². The van der Waals surface area contributed by atoms with Gasteiger partial charge in [0.1, 0.15) is 0 Å². The Kier molecular flexibility index (Phi) is 12.3. The summed E-state index contributed by atoms with van der Waals surface area (Å²) >= 11 is -5.31. The molecule has 0 fully saturated rings. The molecule has 0 radical (unpaired) electrons. The third-order valence-corrected chi connectivity index (χ3v) is 67.4. The molecule has 7 aromatic carbocycles. The molecule has 0 N–H and O–H groups in total. The zero-order chi connectivity index (χ0) is 46.8. The van der Waals surface area contributed by atoms with E-state index in [0.29, 0.717) is 0 Å². The van der Waals surface area contributed by atoms with Gasteiger partial charge in [-0.25, -0.2) is 0 Å². The standard InChI is InChI=1S/C39H35.C21H23.C2H7Si.2ClH.Zr/c1-38(2,3)32-24-22-30(23-25-32)36-21-13-14-31-26-29(27-37(31)36)28-39(33-15-7-4-8-16-33,34-17-9-5-10-18-34)35-19-11-6-12-20-35;1-14-12-19-15(2)6-11-18(20(19)13-14)16-7-9-17(10-8-16)21(3,4)5;1-3-2;;;/h4-27H,28H2,1-3H3;6-13H,1-5H3;3H,1-2H3;2*1H;/q;;;;;+2/p-2. The van der Waals surface area contributed by atoms with Crippen molar-refractivity contribution in [2.24, 2.45) is 0 Å². The number of hydrogen-bond acceptors (Lipinski definition) is 0. The van der Waals surface area contributed by atoms with Gasteiger partial charge in [0.15, 0.2) is 0 Å². The second kappa shape index (κ2) is 17.3. The molecule has 2 unspecified atom stereocenters. The summed E-state index contributed by atoms with van der Waals surface area (Å²) in [5.41, 5.74) is 20.2. The predicted octanol–water partition coefficient (Wildman–Crippen LogP) is 17.9. The SMILES string of the molecule is CC1=Cc2c(-c3ccc(C(C)(C)C)cc3)ccc(C)c2[CH]1[Zr]([Cl])([Cl])([CH]1C(CC(c2ccccc2)(c2ccccc2)c2ccccc2)=Cc2c(-c3ccc(C(C)(C)C)cc3)cccc21)[SiH](C)C. The summed E-state index contributed by atoms with van der Waals surface area (Å²) in [5.74, 6) is -1.90. The molecule has 0 saturated heterocycles. The first-order chi connectivity index (χ1) is 31.3. The van der Waals surface area contributed by atoms with Crippen LogP contribution in [0.3, 0.4) is 0 Å². The van der Waals surface area contributed by atoms with Gasteiger partial charge in [0.25, 0.3) is 0 Å². The van der Waals surface area contributed by atoms with Gasteiger partial charge in [0, 0.05) is 0 Å². The molecule has 0 aliphatic heterocycles. The summed E-state index contributed by atoms with van der Waals surface area (Å²) in [4.78, 5) is 0. The van der Waals surface area contributed by atoms with Crippen molar-refractivity contribution in [3.05, 3.63) is 237 Å².